The third-order valence-electron chi connectivity index (χ3n) is 3.34. The lowest BCUT2D eigenvalue weighted by Crippen LogP contribution is -2.22. The lowest BCUT2D eigenvalue weighted by Gasteiger charge is -2.21. The highest BCUT2D eigenvalue weighted by Gasteiger charge is 2.27. The van der Waals surface area contributed by atoms with Crippen LogP contribution in [0.4, 0.5) is 13.2 Å². The van der Waals surface area contributed by atoms with E-state index < -0.39 is 12.8 Å². The molecule has 1 unspecified atom stereocenters. The van der Waals surface area contributed by atoms with Crippen molar-refractivity contribution < 1.29 is 17.9 Å². The summed E-state index contributed by atoms with van der Waals surface area (Å²) < 4.78 is 40.7. The fourth-order valence-corrected chi connectivity index (χ4v) is 2.08. The average molecular weight is 303 g/mol. The van der Waals surface area contributed by atoms with Crippen LogP contribution in [0, 0.1) is 0 Å². The average Bonchev–Trinajstić information content (AvgIpc) is 2.37. The maximum atomic E-state index is 12.0. The second-order valence-electron chi connectivity index (χ2n) is 6.17. The predicted octanol–water partition coefficient (Wildman–Crippen LogP) is 4.21. The minimum absolute atomic E-state index is 0.00717. The number of ether oxygens (including phenoxy) is 1. The van der Waals surface area contributed by atoms with E-state index in [0.717, 1.165) is 5.56 Å². The Morgan fingerprint density at radius 3 is 2.10 bits per heavy atom. The number of halogens is 3. The summed E-state index contributed by atoms with van der Waals surface area (Å²) in [5.41, 5.74) is 2.37. The van der Waals surface area contributed by atoms with Crippen molar-refractivity contribution in [1.29, 1.82) is 0 Å². The van der Waals surface area contributed by atoms with Crippen LogP contribution in [-0.2, 0) is 10.2 Å². The van der Waals surface area contributed by atoms with Crippen LogP contribution in [0.25, 0.3) is 0 Å². The molecule has 0 aromatic heterocycles. The van der Waals surface area contributed by atoms with E-state index in [0.29, 0.717) is 6.42 Å². The van der Waals surface area contributed by atoms with Gasteiger partial charge in [-0.3, -0.25) is 0 Å². The van der Waals surface area contributed by atoms with E-state index in [-0.39, 0.29) is 18.1 Å². The van der Waals surface area contributed by atoms with Gasteiger partial charge in [-0.05, 0) is 30.0 Å². The van der Waals surface area contributed by atoms with Crippen molar-refractivity contribution in [3.8, 4) is 0 Å². The molecule has 0 aliphatic carbocycles. The Bertz CT molecular complexity index is 421. The summed E-state index contributed by atoms with van der Waals surface area (Å²) in [6, 6.07) is 8.16. The van der Waals surface area contributed by atoms with Crippen LogP contribution in [0.2, 0.25) is 0 Å². The fraction of sp³-hybridized carbons (Fsp3) is 0.625. The lowest BCUT2D eigenvalue weighted by molar-refractivity contribution is -0.174. The minimum atomic E-state index is -4.26. The molecular weight excluding hydrogens is 279 g/mol. The van der Waals surface area contributed by atoms with Crippen LogP contribution >= 0.6 is 0 Å². The normalized spacial score (nSPS) is 14.2. The Balaban J connectivity index is 2.56. The molecule has 0 amide bonds. The summed E-state index contributed by atoms with van der Waals surface area (Å²) in [5, 5.41) is 3.11. The molecule has 0 heterocycles. The molecule has 0 saturated carbocycles. The number of nitrogens with one attached hydrogen (secondary N) is 1. The molecule has 0 radical (unpaired) electrons. The number of hydrogen-bond acceptors (Lipinski definition) is 2. The van der Waals surface area contributed by atoms with Crippen LogP contribution in [0.1, 0.15) is 44.4 Å². The van der Waals surface area contributed by atoms with E-state index in [4.69, 9.17) is 0 Å². The van der Waals surface area contributed by atoms with Gasteiger partial charge in [0.05, 0.1) is 0 Å². The molecule has 1 N–H and O–H groups in total. The van der Waals surface area contributed by atoms with E-state index in [1.807, 2.05) is 12.1 Å². The summed E-state index contributed by atoms with van der Waals surface area (Å²) in [4.78, 5) is 0. The molecule has 0 bridgehead atoms. The van der Waals surface area contributed by atoms with Crippen molar-refractivity contribution in [3.05, 3.63) is 35.4 Å². The summed E-state index contributed by atoms with van der Waals surface area (Å²) in [6.45, 7) is 5.31. The molecule has 0 aliphatic heterocycles. The Morgan fingerprint density at radius 2 is 1.67 bits per heavy atom. The second-order valence-corrected chi connectivity index (χ2v) is 6.17. The maximum absolute atomic E-state index is 12.0. The molecule has 1 aromatic rings. The first-order valence-corrected chi connectivity index (χ1v) is 7.05. The Kier molecular flexibility index (Phi) is 6.23. The first-order chi connectivity index (χ1) is 9.63. The smallest absolute Gasteiger partial charge is 0.372 e. The molecule has 1 atom stereocenters. The summed E-state index contributed by atoms with van der Waals surface area (Å²) in [7, 11) is 1.80. The minimum Gasteiger partial charge on any atom is -0.372 e. The molecule has 0 spiro atoms. The number of rotatable bonds is 6. The maximum Gasteiger partial charge on any atom is 0.411 e. The van der Waals surface area contributed by atoms with Crippen molar-refractivity contribution in [1.82, 2.24) is 5.32 Å². The first kappa shape index (κ1) is 18.0. The van der Waals surface area contributed by atoms with Gasteiger partial charge in [-0.2, -0.15) is 13.2 Å². The zero-order valence-corrected chi connectivity index (χ0v) is 13.1. The second kappa shape index (κ2) is 7.27. The first-order valence-electron chi connectivity index (χ1n) is 7.05. The Labute approximate surface area is 124 Å². The van der Waals surface area contributed by atoms with E-state index in [1.165, 1.54) is 5.56 Å². The highest BCUT2D eigenvalue weighted by molar-refractivity contribution is 5.29. The van der Waals surface area contributed by atoms with E-state index in [9.17, 15) is 13.2 Å². The molecular formula is C16H24F3NO. The van der Waals surface area contributed by atoms with Crippen LogP contribution in [0.3, 0.4) is 0 Å². The number of benzene rings is 1. The SMILES string of the molecule is CNC(CCOCC(F)(F)F)c1ccc(C(C)(C)C)cc1. The highest BCUT2D eigenvalue weighted by Crippen LogP contribution is 2.25. The molecule has 120 valence electrons. The zero-order chi connectivity index (χ0) is 16.1. The van der Waals surface area contributed by atoms with Crippen molar-refractivity contribution in [2.24, 2.45) is 0 Å². The molecule has 0 saturated heterocycles. The summed E-state index contributed by atoms with van der Waals surface area (Å²) >= 11 is 0. The fourth-order valence-electron chi connectivity index (χ4n) is 2.08. The molecule has 1 aromatic carbocycles. The van der Waals surface area contributed by atoms with Crippen molar-refractivity contribution in [3.63, 3.8) is 0 Å². The summed E-state index contributed by atoms with van der Waals surface area (Å²) in [5.74, 6) is 0. The monoisotopic (exact) mass is 303 g/mol. The van der Waals surface area contributed by atoms with Gasteiger partial charge in [0.25, 0.3) is 0 Å². The van der Waals surface area contributed by atoms with E-state index in [1.54, 1.807) is 7.05 Å². The molecule has 5 heteroatoms. The van der Waals surface area contributed by atoms with Crippen LogP contribution in [0.15, 0.2) is 24.3 Å². The van der Waals surface area contributed by atoms with Crippen LogP contribution in [-0.4, -0.2) is 26.4 Å². The van der Waals surface area contributed by atoms with Crippen molar-refractivity contribution >= 4 is 0 Å². The highest BCUT2D eigenvalue weighted by atomic mass is 19.4. The molecule has 2 nitrogen and oxygen atoms in total. The van der Waals surface area contributed by atoms with Gasteiger partial charge >= 0.3 is 6.18 Å². The quantitative estimate of drug-likeness (QED) is 0.795. The topological polar surface area (TPSA) is 21.3 Å². The van der Waals surface area contributed by atoms with Gasteiger partial charge in [-0.15, -0.1) is 0 Å². The molecule has 21 heavy (non-hydrogen) atoms. The van der Waals surface area contributed by atoms with Gasteiger partial charge in [0.1, 0.15) is 6.61 Å². The number of hydrogen-bond donors (Lipinski definition) is 1. The van der Waals surface area contributed by atoms with E-state index in [2.05, 4.69) is 43.0 Å². The third kappa shape index (κ3) is 6.48. The van der Waals surface area contributed by atoms with E-state index >= 15 is 0 Å². The molecule has 0 fully saturated rings. The van der Waals surface area contributed by atoms with Crippen molar-refractivity contribution in [2.45, 2.75) is 44.8 Å². The zero-order valence-electron chi connectivity index (χ0n) is 13.1. The van der Waals surface area contributed by atoms with Gasteiger partial charge in [0.2, 0.25) is 0 Å². The Hall–Kier alpha value is -1.07. The predicted molar refractivity (Wildman–Crippen MR) is 78.4 cm³/mol. The lowest BCUT2D eigenvalue weighted by atomic mass is 9.86. The van der Waals surface area contributed by atoms with Crippen molar-refractivity contribution in [2.75, 3.05) is 20.3 Å². The van der Waals surface area contributed by atoms with Gasteiger partial charge in [-0.1, -0.05) is 45.0 Å². The van der Waals surface area contributed by atoms with Gasteiger partial charge in [0.15, 0.2) is 0 Å². The molecule has 1 rings (SSSR count). The van der Waals surface area contributed by atoms with Gasteiger partial charge in [0, 0.05) is 12.6 Å². The molecule has 0 aliphatic rings. The number of alkyl halides is 3. The largest absolute Gasteiger partial charge is 0.411 e. The van der Waals surface area contributed by atoms with Crippen LogP contribution < -0.4 is 5.32 Å². The standard InChI is InChI=1S/C16H24F3NO/c1-15(2,3)13-7-5-12(6-8-13)14(20-4)9-10-21-11-16(17,18)19/h5-8,14,20H,9-11H2,1-4H3. The van der Waals surface area contributed by atoms with Gasteiger partial charge in [-0.25, -0.2) is 0 Å². The van der Waals surface area contributed by atoms with Gasteiger partial charge < -0.3 is 10.1 Å². The Morgan fingerprint density at radius 1 is 1.10 bits per heavy atom. The summed E-state index contributed by atoms with van der Waals surface area (Å²) in [6.07, 6.45) is -3.76. The third-order valence-corrected chi connectivity index (χ3v) is 3.34. The van der Waals surface area contributed by atoms with Crippen LogP contribution in [0.5, 0.6) is 0 Å².